The number of benzene rings is 2. The molecule has 0 bridgehead atoms. The molecule has 0 spiro atoms. The summed E-state index contributed by atoms with van der Waals surface area (Å²) in [6, 6.07) is 19.9. The molecule has 1 aliphatic rings. The average Bonchev–Trinajstić information content (AvgIpc) is 3.44. The molecule has 1 fully saturated rings. The molecule has 1 aliphatic heterocycles. The molecule has 5 rings (SSSR count). The van der Waals surface area contributed by atoms with Gasteiger partial charge in [-0.05, 0) is 17.5 Å². The van der Waals surface area contributed by atoms with Gasteiger partial charge in [-0.3, -0.25) is 4.57 Å². The lowest BCUT2D eigenvalue weighted by Crippen LogP contribution is -2.29. The summed E-state index contributed by atoms with van der Waals surface area (Å²) in [5, 5.41) is 9.31. The molecule has 0 saturated carbocycles. The lowest BCUT2D eigenvalue weighted by molar-refractivity contribution is 0.154. The van der Waals surface area contributed by atoms with Crippen LogP contribution in [0.1, 0.15) is 23.6 Å². The Morgan fingerprint density at radius 3 is 2.24 bits per heavy atom. The highest BCUT2D eigenvalue weighted by Gasteiger charge is 2.30. The van der Waals surface area contributed by atoms with Gasteiger partial charge in [0, 0.05) is 26.2 Å². The smallest absolute Gasteiger partial charge is 0.407 e. The molecule has 2 aromatic carbocycles. The van der Waals surface area contributed by atoms with Crippen LogP contribution in [0.4, 0.5) is 10.6 Å². The molecule has 1 saturated heterocycles. The van der Waals surface area contributed by atoms with Crippen molar-refractivity contribution in [3.8, 4) is 0 Å². The van der Waals surface area contributed by atoms with E-state index in [4.69, 9.17) is 0 Å². The number of nitrogens with one attached hydrogen (secondary N) is 1. The first-order chi connectivity index (χ1) is 16.1. The second-order valence-corrected chi connectivity index (χ2v) is 8.19. The normalized spacial score (nSPS) is 15.8. The van der Waals surface area contributed by atoms with Crippen LogP contribution >= 0.6 is 0 Å². The Balaban J connectivity index is 1.56. The number of amides is 1. The minimum atomic E-state index is -0.974. The maximum absolute atomic E-state index is 12.9. The number of aromatic amines is 1. The zero-order valence-corrected chi connectivity index (χ0v) is 18.0. The third-order valence-electron chi connectivity index (χ3n) is 6.02. The van der Waals surface area contributed by atoms with Crippen LogP contribution in [-0.2, 0) is 13.1 Å². The number of hydrogen-bond acceptors (Lipinski definition) is 5. The van der Waals surface area contributed by atoms with Crippen LogP contribution in [0.2, 0.25) is 0 Å². The van der Waals surface area contributed by atoms with Gasteiger partial charge in [-0.2, -0.15) is 0 Å². The largest absolute Gasteiger partial charge is 0.465 e. The summed E-state index contributed by atoms with van der Waals surface area (Å²) < 4.78 is 1.58. The third kappa shape index (κ3) is 4.17. The molecule has 33 heavy (non-hydrogen) atoms. The van der Waals surface area contributed by atoms with E-state index < -0.39 is 6.09 Å². The van der Waals surface area contributed by atoms with Crippen LogP contribution in [0.3, 0.4) is 0 Å². The molecule has 1 atom stereocenters. The van der Waals surface area contributed by atoms with Crippen molar-refractivity contribution in [1.29, 1.82) is 0 Å². The van der Waals surface area contributed by atoms with E-state index in [2.05, 4.69) is 44.1 Å². The van der Waals surface area contributed by atoms with Gasteiger partial charge in [0.15, 0.2) is 11.5 Å². The van der Waals surface area contributed by atoms with Crippen molar-refractivity contribution < 1.29 is 9.90 Å². The molecule has 2 aromatic heterocycles. The second kappa shape index (κ2) is 8.78. The monoisotopic (exact) mass is 444 g/mol. The molecular weight excluding hydrogens is 420 g/mol. The van der Waals surface area contributed by atoms with E-state index in [-0.39, 0.29) is 18.3 Å². The van der Waals surface area contributed by atoms with Gasteiger partial charge >= 0.3 is 11.8 Å². The van der Waals surface area contributed by atoms with Crippen molar-refractivity contribution in [2.45, 2.75) is 25.6 Å². The van der Waals surface area contributed by atoms with Crippen molar-refractivity contribution in [1.82, 2.24) is 24.4 Å². The van der Waals surface area contributed by atoms with Crippen LogP contribution in [0, 0.1) is 0 Å². The number of likely N-dealkylation sites (tertiary alicyclic amines) is 1. The van der Waals surface area contributed by atoms with E-state index in [1.807, 2.05) is 36.4 Å². The van der Waals surface area contributed by atoms with Crippen molar-refractivity contribution >= 4 is 23.1 Å². The van der Waals surface area contributed by atoms with Gasteiger partial charge in [-0.15, -0.1) is 0 Å². The van der Waals surface area contributed by atoms with Gasteiger partial charge in [-0.25, -0.2) is 19.6 Å². The minimum Gasteiger partial charge on any atom is -0.465 e. The number of rotatable bonds is 6. The first kappa shape index (κ1) is 20.7. The number of H-pyrrole nitrogens is 1. The molecule has 0 aliphatic carbocycles. The van der Waals surface area contributed by atoms with E-state index in [1.54, 1.807) is 4.57 Å². The number of anilines is 1. The molecule has 3 heterocycles. The maximum atomic E-state index is 12.9. The molecule has 4 aromatic rings. The highest BCUT2D eigenvalue weighted by molar-refractivity contribution is 5.83. The zero-order valence-electron chi connectivity index (χ0n) is 18.0. The molecule has 1 amide bonds. The van der Waals surface area contributed by atoms with E-state index >= 15 is 0 Å². The Labute approximate surface area is 189 Å². The van der Waals surface area contributed by atoms with Crippen LogP contribution in [0.5, 0.6) is 0 Å². The Hall–Kier alpha value is -4.14. The van der Waals surface area contributed by atoms with Crippen LogP contribution in [0.25, 0.3) is 11.2 Å². The van der Waals surface area contributed by atoms with Crippen molar-refractivity contribution in [2.75, 3.05) is 18.0 Å². The first-order valence-electron chi connectivity index (χ1n) is 10.9. The fourth-order valence-corrected chi connectivity index (χ4v) is 4.44. The fourth-order valence-electron chi connectivity index (χ4n) is 4.44. The highest BCUT2D eigenvalue weighted by Crippen LogP contribution is 2.28. The van der Waals surface area contributed by atoms with Gasteiger partial charge in [-0.1, -0.05) is 60.7 Å². The predicted octanol–water partition coefficient (Wildman–Crippen LogP) is 3.25. The predicted molar refractivity (Wildman–Crippen MR) is 124 cm³/mol. The molecule has 168 valence electrons. The minimum absolute atomic E-state index is 0.262. The third-order valence-corrected chi connectivity index (χ3v) is 6.02. The number of nitrogens with zero attached hydrogens (tertiary/aromatic N) is 5. The van der Waals surface area contributed by atoms with Crippen molar-refractivity contribution in [2.24, 2.45) is 0 Å². The summed E-state index contributed by atoms with van der Waals surface area (Å²) in [5.74, 6) is 0.636. The first-order valence-corrected chi connectivity index (χ1v) is 10.9. The molecule has 9 heteroatoms. The Kier molecular flexibility index (Phi) is 5.52. The lowest BCUT2D eigenvalue weighted by atomic mass is 10.1. The SMILES string of the molecule is O=C(O)N1CCC(n2c(=O)[nH]c3c(N(Cc4ccccc4)Cc4ccccc4)ncnc32)C1. The van der Waals surface area contributed by atoms with Gasteiger partial charge in [0.1, 0.15) is 11.8 Å². The lowest BCUT2D eigenvalue weighted by Gasteiger charge is -2.24. The topological polar surface area (TPSA) is 107 Å². The zero-order chi connectivity index (χ0) is 22.8. The Morgan fingerprint density at radius 1 is 1.03 bits per heavy atom. The number of fused-ring (bicyclic) bond motifs is 1. The van der Waals surface area contributed by atoms with E-state index in [9.17, 15) is 14.7 Å². The number of imidazole rings is 1. The molecule has 2 N–H and O–H groups in total. The van der Waals surface area contributed by atoms with E-state index in [0.29, 0.717) is 43.0 Å². The average molecular weight is 444 g/mol. The van der Waals surface area contributed by atoms with E-state index in [0.717, 1.165) is 11.1 Å². The highest BCUT2D eigenvalue weighted by atomic mass is 16.4. The van der Waals surface area contributed by atoms with Crippen LogP contribution in [0.15, 0.2) is 71.8 Å². The number of carbonyl (C=O) groups is 1. The number of carboxylic acid groups (broad SMARTS) is 1. The van der Waals surface area contributed by atoms with Crippen molar-refractivity contribution in [3.05, 3.63) is 88.6 Å². The van der Waals surface area contributed by atoms with Gasteiger partial charge in [0.05, 0.1) is 6.04 Å². The molecule has 0 radical (unpaired) electrons. The Bertz CT molecular complexity index is 1280. The molecule has 9 nitrogen and oxygen atoms in total. The summed E-state index contributed by atoms with van der Waals surface area (Å²) >= 11 is 0. The van der Waals surface area contributed by atoms with Gasteiger partial charge in [0.2, 0.25) is 0 Å². The van der Waals surface area contributed by atoms with Crippen LogP contribution in [-0.4, -0.2) is 48.7 Å². The summed E-state index contributed by atoms with van der Waals surface area (Å²) in [7, 11) is 0. The van der Waals surface area contributed by atoms with Crippen molar-refractivity contribution in [3.63, 3.8) is 0 Å². The quantitative estimate of drug-likeness (QED) is 0.473. The molecular formula is C24H24N6O3. The summed E-state index contributed by atoms with van der Waals surface area (Å²) in [4.78, 5) is 39.6. The molecule has 1 unspecified atom stereocenters. The number of hydrogen-bond donors (Lipinski definition) is 2. The fraction of sp³-hybridized carbons (Fsp3) is 0.250. The van der Waals surface area contributed by atoms with Crippen LogP contribution < -0.4 is 10.6 Å². The number of aromatic nitrogens is 4. The maximum Gasteiger partial charge on any atom is 0.407 e. The Morgan fingerprint density at radius 2 is 1.67 bits per heavy atom. The summed E-state index contributed by atoms with van der Waals surface area (Å²) in [5.41, 5.74) is 2.99. The standard InChI is InChI=1S/C24H24N6O3/c31-23-27-20-21(25-16-26-22(20)30(23)19-11-12-28(15-19)24(32)33)29(13-17-7-3-1-4-8-17)14-18-9-5-2-6-10-18/h1-10,16,19H,11-15H2,(H,27,31)(H,32,33). The summed E-state index contributed by atoms with van der Waals surface area (Å²) in [6.45, 7) is 1.86. The van der Waals surface area contributed by atoms with Gasteiger partial charge in [0.25, 0.3) is 0 Å². The van der Waals surface area contributed by atoms with Gasteiger partial charge < -0.3 is 19.9 Å². The summed E-state index contributed by atoms with van der Waals surface area (Å²) in [6.07, 6.45) is 1.06. The second-order valence-electron chi connectivity index (χ2n) is 8.19. The van der Waals surface area contributed by atoms with E-state index in [1.165, 1.54) is 11.2 Å².